The Morgan fingerprint density at radius 3 is 2.71 bits per heavy atom. The summed E-state index contributed by atoms with van der Waals surface area (Å²) in [4.78, 5) is 1.13. The predicted molar refractivity (Wildman–Crippen MR) is 91.1 cm³/mol. The third kappa shape index (κ3) is 4.97. The Morgan fingerprint density at radius 1 is 1.29 bits per heavy atom. The van der Waals surface area contributed by atoms with Gasteiger partial charge in [-0.3, -0.25) is 11.3 Å². The van der Waals surface area contributed by atoms with Gasteiger partial charge in [-0.15, -0.1) is 11.8 Å². The lowest BCUT2D eigenvalue weighted by Gasteiger charge is -2.16. The van der Waals surface area contributed by atoms with Crippen molar-refractivity contribution in [3.63, 3.8) is 0 Å². The Bertz CT molecular complexity index is 612. The molecule has 0 radical (unpaired) electrons. The third-order valence-electron chi connectivity index (χ3n) is 2.99. The van der Waals surface area contributed by atoms with E-state index in [2.05, 4.69) is 21.4 Å². The predicted octanol–water partition coefficient (Wildman–Crippen LogP) is 4.41. The average Bonchev–Trinajstić information content (AvgIpc) is 2.47. The highest BCUT2D eigenvalue weighted by Gasteiger charge is 2.12. The van der Waals surface area contributed by atoms with E-state index in [0.29, 0.717) is 17.0 Å². The molecule has 2 aromatic rings. The molecule has 0 heterocycles. The van der Waals surface area contributed by atoms with Crippen molar-refractivity contribution in [3.8, 4) is 0 Å². The van der Waals surface area contributed by atoms with Crippen molar-refractivity contribution >= 4 is 39.3 Å². The van der Waals surface area contributed by atoms with Gasteiger partial charge in [0.15, 0.2) is 0 Å². The van der Waals surface area contributed by atoms with E-state index in [9.17, 15) is 4.39 Å². The molecule has 3 N–H and O–H groups in total. The second-order valence-corrected chi connectivity index (χ2v) is 6.90. The molecule has 6 heteroatoms. The van der Waals surface area contributed by atoms with Crippen LogP contribution in [0, 0.1) is 5.82 Å². The number of hydrogen-bond acceptors (Lipinski definition) is 3. The summed E-state index contributed by atoms with van der Waals surface area (Å²) in [5.74, 6) is 6.02. The monoisotopic (exact) mass is 388 g/mol. The van der Waals surface area contributed by atoms with Crippen LogP contribution in [0.2, 0.25) is 5.02 Å². The van der Waals surface area contributed by atoms with Gasteiger partial charge in [0, 0.05) is 26.2 Å². The van der Waals surface area contributed by atoms with Crippen LogP contribution in [0.1, 0.15) is 5.56 Å². The molecule has 0 fully saturated rings. The zero-order chi connectivity index (χ0) is 15.2. The molecular formula is C15H15BrClFN2S. The van der Waals surface area contributed by atoms with E-state index in [4.69, 9.17) is 17.4 Å². The van der Waals surface area contributed by atoms with Crippen LogP contribution >= 0.6 is 39.3 Å². The van der Waals surface area contributed by atoms with Gasteiger partial charge < -0.3 is 0 Å². The number of hydrazine groups is 1. The third-order valence-corrected chi connectivity index (χ3v) is 5.42. The minimum absolute atomic E-state index is 0.0298. The van der Waals surface area contributed by atoms with E-state index in [0.717, 1.165) is 15.1 Å². The van der Waals surface area contributed by atoms with Crippen molar-refractivity contribution in [2.24, 2.45) is 5.84 Å². The molecule has 0 aliphatic carbocycles. The molecule has 112 valence electrons. The first-order valence-corrected chi connectivity index (χ1v) is 8.53. The molecule has 0 bridgehead atoms. The van der Waals surface area contributed by atoms with Crippen LogP contribution < -0.4 is 11.3 Å². The van der Waals surface area contributed by atoms with E-state index in [-0.39, 0.29) is 11.9 Å². The van der Waals surface area contributed by atoms with Crippen LogP contribution in [-0.4, -0.2) is 11.8 Å². The lowest BCUT2D eigenvalue weighted by molar-refractivity contribution is 0.546. The molecule has 2 aromatic carbocycles. The summed E-state index contributed by atoms with van der Waals surface area (Å²) >= 11 is 10.9. The van der Waals surface area contributed by atoms with Crippen LogP contribution in [-0.2, 0) is 6.42 Å². The minimum Gasteiger partial charge on any atom is -0.271 e. The van der Waals surface area contributed by atoms with Crippen molar-refractivity contribution in [1.82, 2.24) is 5.43 Å². The van der Waals surface area contributed by atoms with Gasteiger partial charge in [0.05, 0.1) is 0 Å². The standard InChI is InChI=1S/C15H15BrClFN2S/c16-13-3-1-2-4-15(13)21-9-12(20-19)7-10-5-6-11(17)8-14(10)18/h1-6,8,12,20H,7,9,19H2. The molecule has 0 saturated carbocycles. The Labute approximate surface area is 141 Å². The molecule has 1 unspecified atom stereocenters. The van der Waals surface area contributed by atoms with Crippen LogP contribution in [0.3, 0.4) is 0 Å². The Kier molecular flexibility index (Phi) is 6.51. The molecule has 2 nitrogen and oxygen atoms in total. The molecule has 21 heavy (non-hydrogen) atoms. The van der Waals surface area contributed by atoms with Crippen LogP contribution in [0.5, 0.6) is 0 Å². The number of nitrogens with two attached hydrogens (primary N) is 1. The largest absolute Gasteiger partial charge is 0.271 e. The lowest BCUT2D eigenvalue weighted by Crippen LogP contribution is -2.38. The van der Waals surface area contributed by atoms with Crippen molar-refractivity contribution in [2.45, 2.75) is 17.4 Å². The number of rotatable bonds is 6. The van der Waals surface area contributed by atoms with Gasteiger partial charge in [-0.1, -0.05) is 29.8 Å². The first kappa shape index (κ1) is 16.8. The summed E-state index contributed by atoms with van der Waals surface area (Å²) < 4.78 is 14.9. The molecule has 1 atom stereocenters. The maximum atomic E-state index is 13.8. The highest BCUT2D eigenvalue weighted by Crippen LogP contribution is 2.28. The van der Waals surface area contributed by atoms with Gasteiger partial charge in [0.25, 0.3) is 0 Å². The van der Waals surface area contributed by atoms with Gasteiger partial charge in [0.2, 0.25) is 0 Å². The number of nitrogens with one attached hydrogen (secondary N) is 1. The van der Waals surface area contributed by atoms with E-state index in [1.807, 2.05) is 24.3 Å². The molecule has 2 rings (SSSR count). The molecule has 0 aromatic heterocycles. The first-order valence-electron chi connectivity index (χ1n) is 6.37. The van der Waals surface area contributed by atoms with Gasteiger partial charge in [0.1, 0.15) is 5.82 Å². The molecule has 0 saturated heterocycles. The van der Waals surface area contributed by atoms with Crippen LogP contribution in [0.4, 0.5) is 4.39 Å². The summed E-state index contributed by atoms with van der Waals surface area (Å²) in [5.41, 5.74) is 3.35. The fourth-order valence-corrected chi connectivity index (χ4v) is 3.63. The molecule has 0 spiro atoms. The van der Waals surface area contributed by atoms with Gasteiger partial charge in [-0.25, -0.2) is 4.39 Å². The molecule has 0 aliphatic heterocycles. The highest BCUT2D eigenvalue weighted by atomic mass is 79.9. The van der Waals surface area contributed by atoms with E-state index < -0.39 is 0 Å². The fourth-order valence-electron chi connectivity index (χ4n) is 1.87. The van der Waals surface area contributed by atoms with Crippen molar-refractivity contribution in [2.75, 3.05) is 5.75 Å². The Hall–Kier alpha value is -0.590. The quantitative estimate of drug-likeness (QED) is 0.437. The van der Waals surface area contributed by atoms with Crippen LogP contribution in [0.15, 0.2) is 51.8 Å². The molecule has 0 amide bonds. The maximum Gasteiger partial charge on any atom is 0.127 e. The van der Waals surface area contributed by atoms with Gasteiger partial charge in [-0.05, 0) is 52.2 Å². The second-order valence-electron chi connectivity index (χ2n) is 4.54. The normalized spacial score (nSPS) is 12.4. The first-order chi connectivity index (χ1) is 10.1. The maximum absolute atomic E-state index is 13.8. The fraction of sp³-hybridized carbons (Fsp3) is 0.200. The van der Waals surface area contributed by atoms with E-state index in [1.165, 1.54) is 6.07 Å². The number of hydrogen-bond donors (Lipinski definition) is 2. The summed E-state index contributed by atoms with van der Waals surface area (Å²) in [5, 5.41) is 0.399. The second kappa shape index (κ2) is 8.15. The Balaban J connectivity index is 1.99. The lowest BCUT2D eigenvalue weighted by atomic mass is 10.1. The number of benzene rings is 2. The van der Waals surface area contributed by atoms with Gasteiger partial charge in [-0.2, -0.15) is 0 Å². The zero-order valence-corrected chi connectivity index (χ0v) is 14.3. The summed E-state index contributed by atoms with van der Waals surface area (Å²) in [6.45, 7) is 0. The zero-order valence-electron chi connectivity index (χ0n) is 11.2. The summed E-state index contributed by atoms with van der Waals surface area (Å²) in [6, 6.07) is 12.7. The van der Waals surface area contributed by atoms with Crippen LogP contribution in [0.25, 0.3) is 0 Å². The van der Waals surface area contributed by atoms with E-state index in [1.54, 1.807) is 23.9 Å². The molecular weight excluding hydrogens is 375 g/mol. The molecule has 0 aliphatic rings. The number of thioether (sulfide) groups is 1. The SMILES string of the molecule is NNC(CSc1ccccc1Br)Cc1ccc(Cl)cc1F. The smallest absolute Gasteiger partial charge is 0.127 e. The van der Waals surface area contributed by atoms with Crippen molar-refractivity contribution in [1.29, 1.82) is 0 Å². The summed E-state index contributed by atoms with van der Waals surface area (Å²) in [6.07, 6.45) is 0.511. The van der Waals surface area contributed by atoms with Gasteiger partial charge >= 0.3 is 0 Å². The topological polar surface area (TPSA) is 38.0 Å². The minimum atomic E-state index is -0.298. The summed E-state index contributed by atoms with van der Waals surface area (Å²) in [7, 11) is 0. The van der Waals surface area contributed by atoms with Crippen molar-refractivity contribution < 1.29 is 4.39 Å². The average molecular weight is 390 g/mol. The Morgan fingerprint density at radius 2 is 2.05 bits per heavy atom. The highest BCUT2D eigenvalue weighted by molar-refractivity contribution is 9.10. The number of halogens is 3. The van der Waals surface area contributed by atoms with E-state index >= 15 is 0 Å². The van der Waals surface area contributed by atoms with Crippen molar-refractivity contribution in [3.05, 3.63) is 63.3 Å².